The van der Waals surface area contributed by atoms with Gasteiger partial charge in [-0.3, -0.25) is 4.79 Å². The van der Waals surface area contributed by atoms with Crippen molar-refractivity contribution in [3.8, 4) is 0 Å². The van der Waals surface area contributed by atoms with Crippen molar-refractivity contribution in [2.24, 2.45) is 5.92 Å². The average Bonchev–Trinajstić information content (AvgIpc) is 2.74. The van der Waals surface area contributed by atoms with E-state index in [0.717, 1.165) is 0 Å². The van der Waals surface area contributed by atoms with Crippen molar-refractivity contribution in [2.75, 3.05) is 26.9 Å². The number of amides is 2. The summed E-state index contributed by atoms with van der Waals surface area (Å²) in [7, 11) is 1.55. The van der Waals surface area contributed by atoms with E-state index in [2.05, 4.69) is 10.6 Å². The predicted molar refractivity (Wildman–Crippen MR) is 58.7 cm³/mol. The van der Waals surface area contributed by atoms with Crippen LogP contribution in [0.15, 0.2) is 0 Å². The third kappa shape index (κ3) is 4.20. The summed E-state index contributed by atoms with van der Waals surface area (Å²) in [4.78, 5) is 22.3. The zero-order valence-corrected chi connectivity index (χ0v) is 9.93. The Bertz CT molecular complexity index is 284. The minimum absolute atomic E-state index is 0.0872. The molecular formula is C10H18N2O5. The molecule has 0 bridgehead atoms. The first-order valence-corrected chi connectivity index (χ1v) is 5.42. The van der Waals surface area contributed by atoms with Crippen LogP contribution in [0.5, 0.6) is 0 Å². The molecule has 0 aliphatic carbocycles. The second-order valence-corrected chi connectivity index (χ2v) is 3.99. The molecule has 17 heavy (non-hydrogen) atoms. The molecule has 1 saturated heterocycles. The van der Waals surface area contributed by atoms with Gasteiger partial charge in [-0.25, -0.2) is 4.79 Å². The molecule has 0 aromatic rings. The van der Waals surface area contributed by atoms with Gasteiger partial charge in [0.1, 0.15) is 5.92 Å². The third-order valence-corrected chi connectivity index (χ3v) is 2.67. The highest BCUT2D eigenvalue weighted by Crippen LogP contribution is 2.13. The fraction of sp³-hybridized carbons (Fsp3) is 0.800. The quantitative estimate of drug-likeness (QED) is 0.603. The normalized spacial score (nSPS) is 25.3. The number of carbonyl (C=O) groups excluding carboxylic acids is 1. The number of aliphatic carboxylic acids is 1. The van der Waals surface area contributed by atoms with Gasteiger partial charge in [0.15, 0.2) is 0 Å². The van der Waals surface area contributed by atoms with Gasteiger partial charge in [-0.2, -0.15) is 0 Å². The Morgan fingerprint density at radius 2 is 2.24 bits per heavy atom. The second-order valence-electron chi connectivity index (χ2n) is 3.99. The van der Waals surface area contributed by atoms with Gasteiger partial charge in [0.25, 0.3) is 0 Å². The van der Waals surface area contributed by atoms with Crippen LogP contribution in [-0.4, -0.2) is 56.1 Å². The lowest BCUT2D eigenvalue weighted by Gasteiger charge is -2.17. The number of methoxy groups -OCH3 is 1. The van der Waals surface area contributed by atoms with Crippen molar-refractivity contribution in [3.63, 3.8) is 0 Å². The number of carboxylic acids is 1. The first-order valence-electron chi connectivity index (χ1n) is 5.42. The van der Waals surface area contributed by atoms with E-state index in [1.54, 1.807) is 7.11 Å². The van der Waals surface area contributed by atoms with Crippen LogP contribution in [0.2, 0.25) is 0 Å². The molecule has 98 valence electrons. The van der Waals surface area contributed by atoms with E-state index in [4.69, 9.17) is 14.6 Å². The van der Waals surface area contributed by atoms with Gasteiger partial charge in [0.05, 0.1) is 25.4 Å². The van der Waals surface area contributed by atoms with Gasteiger partial charge in [-0.05, 0) is 6.92 Å². The molecule has 7 nitrogen and oxygen atoms in total. The van der Waals surface area contributed by atoms with Crippen LogP contribution >= 0.6 is 0 Å². The molecule has 0 aromatic carbocycles. The van der Waals surface area contributed by atoms with Crippen LogP contribution in [0.25, 0.3) is 0 Å². The van der Waals surface area contributed by atoms with E-state index in [1.165, 1.54) is 0 Å². The molecule has 1 aliphatic rings. The summed E-state index contributed by atoms with van der Waals surface area (Å²) in [6, 6.07) is -0.888. The Balaban J connectivity index is 2.33. The van der Waals surface area contributed by atoms with E-state index in [9.17, 15) is 9.59 Å². The van der Waals surface area contributed by atoms with Crippen LogP contribution in [0, 0.1) is 5.92 Å². The lowest BCUT2D eigenvalue weighted by Crippen LogP contribution is -2.48. The van der Waals surface area contributed by atoms with E-state index >= 15 is 0 Å². The monoisotopic (exact) mass is 246 g/mol. The van der Waals surface area contributed by atoms with Gasteiger partial charge >= 0.3 is 12.0 Å². The van der Waals surface area contributed by atoms with Crippen LogP contribution in [-0.2, 0) is 14.3 Å². The van der Waals surface area contributed by atoms with Gasteiger partial charge in [0.2, 0.25) is 0 Å². The zero-order valence-electron chi connectivity index (χ0n) is 9.93. The molecule has 7 heteroatoms. The number of hydrogen-bond donors (Lipinski definition) is 3. The Morgan fingerprint density at radius 3 is 2.82 bits per heavy atom. The molecule has 0 saturated carbocycles. The maximum atomic E-state index is 11.5. The number of ether oxygens (including phenoxy) is 2. The molecule has 0 radical (unpaired) electrons. The standard InChI is InChI=1S/C10H18N2O5/c1-6(16-2)3-11-10(15)12-8-5-17-4-7(8)9(13)14/h6-8H,3-5H2,1-2H3,(H,13,14)(H2,11,12,15). The summed E-state index contributed by atoms with van der Waals surface area (Å²) in [5, 5.41) is 14.1. The largest absolute Gasteiger partial charge is 0.481 e. The summed E-state index contributed by atoms with van der Waals surface area (Å²) in [6.07, 6.45) is -0.0872. The molecule has 3 atom stereocenters. The van der Waals surface area contributed by atoms with Crippen LogP contribution < -0.4 is 10.6 Å². The Morgan fingerprint density at radius 1 is 1.53 bits per heavy atom. The Hall–Kier alpha value is -1.34. The van der Waals surface area contributed by atoms with E-state index < -0.39 is 24.0 Å². The van der Waals surface area contributed by atoms with Crippen LogP contribution in [0.4, 0.5) is 4.79 Å². The number of hydrogen-bond acceptors (Lipinski definition) is 4. The number of carbonyl (C=O) groups is 2. The van der Waals surface area contributed by atoms with Gasteiger partial charge in [-0.1, -0.05) is 0 Å². The van der Waals surface area contributed by atoms with Crippen molar-refractivity contribution in [1.82, 2.24) is 10.6 Å². The predicted octanol–water partition coefficient (Wildman–Crippen LogP) is -0.580. The van der Waals surface area contributed by atoms with Crippen molar-refractivity contribution >= 4 is 12.0 Å². The summed E-state index contributed by atoms with van der Waals surface area (Å²) < 4.78 is 10.00. The molecule has 1 heterocycles. The summed E-state index contributed by atoms with van der Waals surface area (Å²) >= 11 is 0. The first-order chi connectivity index (χ1) is 8.04. The number of urea groups is 1. The highest BCUT2D eigenvalue weighted by Gasteiger charge is 2.34. The van der Waals surface area contributed by atoms with Crippen molar-refractivity contribution in [3.05, 3.63) is 0 Å². The van der Waals surface area contributed by atoms with Gasteiger partial charge in [0, 0.05) is 13.7 Å². The number of carboxylic acid groups (broad SMARTS) is 1. The maximum absolute atomic E-state index is 11.5. The Labute approximate surface area is 99.5 Å². The summed E-state index contributed by atoms with van der Waals surface area (Å²) in [5.74, 6) is -1.64. The molecule has 1 aliphatic heterocycles. The van der Waals surface area contributed by atoms with Gasteiger partial charge in [-0.15, -0.1) is 0 Å². The lowest BCUT2D eigenvalue weighted by molar-refractivity contribution is -0.142. The SMILES string of the molecule is COC(C)CNC(=O)NC1COCC1C(=O)O. The average molecular weight is 246 g/mol. The minimum Gasteiger partial charge on any atom is -0.481 e. The highest BCUT2D eigenvalue weighted by atomic mass is 16.5. The van der Waals surface area contributed by atoms with Crippen LogP contribution in [0.3, 0.4) is 0 Å². The fourth-order valence-electron chi connectivity index (χ4n) is 1.48. The molecule has 3 unspecified atom stereocenters. The smallest absolute Gasteiger partial charge is 0.315 e. The maximum Gasteiger partial charge on any atom is 0.315 e. The summed E-state index contributed by atoms with van der Waals surface area (Å²) in [6.45, 7) is 2.55. The summed E-state index contributed by atoms with van der Waals surface area (Å²) in [5.41, 5.74) is 0. The van der Waals surface area contributed by atoms with Gasteiger partial charge < -0.3 is 25.2 Å². The molecule has 0 spiro atoms. The van der Waals surface area contributed by atoms with Crippen molar-refractivity contribution in [1.29, 1.82) is 0 Å². The number of nitrogens with one attached hydrogen (secondary N) is 2. The van der Waals surface area contributed by atoms with E-state index in [-0.39, 0.29) is 19.3 Å². The van der Waals surface area contributed by atoms with Crippen molar-refractivity contribution in [2.45, 2.75) is 19.1 Å². The lowest BCUT2D eigenvalue weighted by atomic mass is 10.0. The third-order valence-electron chi connectivity index (χ3n) is 2.67. The molecule has 2 amide bonds. The molecule has 1 fully saturated rings. The molecule has 0 aromatic heterocycles. The molecular weight excluding hydrogens is 228 g/mol. The Kier molecular flexibility index (Phi) is 5.17. The fourth-order valence-corrected chi connectivity index (χ4v) is 1.48. The number of rotatable bonds is 5. The topological polar surface area (TPSA) is 96.9 Å². The minimum atomic E-state index is -0.960. The van der Waals surface area contributed by atoms with Crippen LogP contribution in [0.1, 0.15) is 6.92 Å². The first kappa shape index (κ1) is 13.7. The molecule has 1 rings (SSSR count). The van der Waals surface area contributed by atoms with Crippen molar-refractivity contribution < 1.29 is 24.2 Å². The highest BCUT2D eigenvalue weighted by molar-refractivity contribution is 5.77. The zero-order chi connectivity index (χ0) is 12.8. The molecule has 3 N–H and O–H groups in total. The van der Waals surface area contributed by atoms with E-state index in [0.29, 0.717) is 6.54 Å². The van der Waals surface area contributed by atoms with E-state index in [1.807, 2.05) is 6.92 Å². The second kappa shape index (κ2) is 6.41.